The molecule has 0 saturated carbocycles. The Morgan fingerprint density at radius 1 is 1.32 bits per heavy atom. The van der Waals surface area contributed by atoms with Gasteiger partial charge in [0.2, 0.25) is 5.91 Å². The molecular weight excluding hydrogens is 369 g/mol. The van der Waals surface area contributed by atoms with Crippen LogP contribution in [0.1, 0.15) is 38.7 Å². The van der Waals surface area contributed by atoms with E-state index >= 15 is 0 Å². The highest BCUT2D eigenvalue weighted by molar-refractivity contribution is 5.95. The molecule has 28 heavy (non-hydrogen) atoms. The van der Waals surface area contributed by atoms with E-state index in [4.69, 9.17) is 5.26 Å². The number of amides is 1. The topological polar surface area (TPSA) is 59.4 Å². The van der Waals surface area contributed by atoms with Gasteiger partial charge in [-0.2, -0.15) is 18.4 Å². The Labute approximate surface area is 164 Å². The number of alkyl halides is 3. The third-order valence-corrected chi connectivity index (χ3v) is 4.86. The summed E-state index contributed by atoms with van der Waals surface area (Å²) in [4.78, 5) is 16.3. The van der Waals surface area contributed by atoms with E-state index in [1.165, 1.54) is 6.07 Å². The third kappa shape index (κ3) is 6.13. The van der Waals surface area contributed by atoms with Gasteiger partial charge in [0.1, 0.15) is 0 Å². The Hall–Kier alpha value is -2.27. The zero-order valence-electron chi connectivity index (χ0n) is 16.4. The van der Waals surface area contributed by atoms with E-state index in [0.717, 1.165) is 44.5 Å². The number of anilines is 2. The first kappa shape index (κ1) is 22.0. The normalized spacial score (nSPS) is 16.0. The number of rotatable bonds is 7. The fraction of sp³-hybridized carbons (Fsp3) is 0.600. The van der Waals surface area contributed by atoms with Gasteiger partial charge in [-0.3, -0.25) is 9.69 Å². The Bertz CT molecular complexity index is 708. The SMILES string of the molecule is CCN(CC(=O)Nc1cc(C(F)(F)F)ccc1N1CCCCC1)CC(C)C#N. The van der Waals surface area contributed by atoms with Crippen LogP contribution in [-0.2, 0) is 11.0 Å². The van der Waals surface area contributed by atoms with Crippen LogP contribution >= 0.6 is 0 Å². The summed E-state index contributed by atoms with van der Waals surface area (Å²) in [5, 5.41) is 11.6. The molecule has 1 saturated heterocycles. The van der Waals surface area contributed by atoms with Crippen molar-refractivity contribution in [3.05, 3.63) is 23.8 Å². The monoisotopic (exact) mass is 396 g/mol. The number of likely N-dealkylation sites (N-methyl/N-ethyl adjacent to an activating group) is 1. The first-order valence-corrected chi connectivity index (χ1v) is 9.62. The minimum absolute atomic E-state index is 0.0260. The average Bonchev–Trinajstić information content (AvgIpc) is 2.67. The van der Waals surface area contributed by atoms with Crippen LogP contribution in [0.2, 0.25) is 0 Å². The highest BCUT2D eigenvalue weighted by Crippen LogP contribution is 2.36. The summed E-state index contributed by atoms with van der Waals surface area (Å²) >= 11 is 0. The first-order valence-electron chi connectivity index (χ1n) is 9.62. The van der Waals surface area contributed by atoms with Crippen LogP contribution in [-0.4, -0.2) is 43.5 Å². The van der Waals surface area contributed by atoms with Crippen LogP contribution in [0.5, 0.6) is 0 Å². The van der Waals surface area contributed by atoms with Crippen LogP contribution in [0.4, 0.5) is 24.5 Å². The number of carbonyl (C=O) groups excluding carboxylic acids is 1. The molecule has 1 aromatic rings. The molecule has 1 fully saturated rings. The molecule has 0 spiro atoms. The molecule has 1 atom stereocenters. The molecule has 8 heteroatoms. The highest BCUT2D eigenvalue weighted by Gasteiger charge is 2.32. The Kier molecular flexibility index (Phi) is 7.69. The van der Waals surface area contributed by atoms with E-state index in [0.29, 0.717) is 18.8 Å². The molecule has 0 bridgehead atoms. The van der Waals surface area contributed by atoms with Gasteiger partial charge in [-0.05, 0) is 50.9 Å². The summed E-state index contributed by atoms with van der Waals surface area (Å²) in [6.45, 7) is 6.19. The van der Waals surface area contributed by atoms with Crippen molar-refractivity contribution in [3.8, 4) is 6.07 Å². The number of carbonyl (C=O) groups is 1. The lowest BCUT2D eigenvalue weighted by atomic mass is 10.1. The van der Waals surface area contributed by atoms with E-state index in [-0.39, 0.29) is 24.1 Å². The van der Waals surface area contributed by atoms with Crippen molar-refractivity contribution in [2.24, 2.45) is 5.92 Å². The second-order valence-corrected chi connectivity index (χ2v) is 7.18. The summed E-state index contributed by atoms with van der Waals surface area (Å²) in [5.74, 6) is -0.616. The van der Waals surface area contributed by atoms with Gasteiger partial charge in [0, 0.05) is 19.6 Å². The number of piperidine rings is 1. The molecule has 0 aromatic heterocycles. The summed E-state index contributed by atoms with van der Waals surface area (Å²) in [6, 6.07) is 5.64. The Morgan fingerprint density at radius 2 is 2.00 bits per heavy atom. The highest BCUT2D eigenvalue weighted by atomic mass is 19.4. The smallest absolute Gasteiger partial charge is 0.370 e. The van der Waals surface area contributed by atoms with Crippen molar-refractivity contribution in [2.75, 3.05) is 42.9 Å². The maximum atomic E-state index is 13.2. The maximum absolute atomic E-state index is 13.2. The summed E-state index contributed by atoms with van der Waals surface area (Å²) < 4.78 is 39.5. The molecular formula is C20H27F3N4O. The van der Waals surface area contributed by atoms with Crippen molar-refractivity contribution in [3.63, 3.8) is 0 Å². The lowest BCUT2D eigenvalue weighted by molar-refractivity contribution is -0.137. The van der Waals surface area contributed by atoms with E-state index in [9.17, 15) is 18.0 Å². The van der Waals surface area contributed by atoms with Gasteiger partial charge in [-0.1, -0.05) is 6.92 Å². The number of halogens is 3. The van der Waals surface area contributed by atoms with Crippen molar-refractivity contribution in [2.45, 2.75) is 39.3 Å². The first-order chi connectivity index (χ1) is 13.2. The molecule has 1 N–H and O–H groups in total. The van der Waals surface area contributed by atoms with Crippen LogP contribution in [0.25, 0.3) is 0 Å². The standard InChI is InChI=1S/C20H27F3N4O/c1-3-26(13-15(2)12-24)14-19(28)25-17-11-16(20(21,22)23)7-8-18(17)27-9-5-4-6-10-27/h7-8,11,15H,3-6,9-10,13-14H2,1-2H3,(H,25,28). The molecule has 1 aliphatic heterocycles. The minimum atomic E-state index is -4.47. The fourth-order valence-electron chi connectivity index (χ4n) is 3.35. The van der Waals surface area contributed by atoms with E-state index in [1.54, 1.807) is 11.8 Å². The van der Waals surface area contributed by atoms with Crippen molar-refractivity contribution in [1.82, 2.24) is 4.90 Å². The quantitative estimate of drug-likeness (QED) is 0.753. The zero-order valence-corrected chi connectivity index (χ0v) is 16.4. The van der Waals surface area contributed by atoms with Gasteiger partial charge in [-0.15, -0.1) is 0 Å². The zero-order chi connectivity index (χ0) is 20.7. The molecule has 2 rings (SSSR count). The number of hydrogen-bond acceptors (Lipinski definition) is 4. The molecule has 1 aromatic carbocycles. The van der Waals surface area contributed by atoms with Crippen molar-refractivity contribution < 1.29 is 18.0 Å². The van der Waals surface area contributed by atoms with Crippen LogP contribution in [0, 0.1) is 17.2 Å². The lowest BCUT2D eigenvalue weighted by Crippen LogP contribution is -2.36. The average molecular weight is 396 g/mol. The third-order valence-electron chi connectivity index (χ3n) is 4.86. The second kappa shape index (κ2) is 9.78. The number of benzene rings is 1. The van der Waals surface area contributed by atoms with Gasteiger partial charge in [0.15, 0.2) is 0 Å². The van der Waals surface area contributed by atoms with E-state index < -0.39 is 11.7 Å². The number of nitriles is 1. The van der Waals surface area contributed by atoms with Gasteiger partial charge in [0.05, 0.1) is 35.5 Å². The minimum Gasteiger partial charge on any atom is -0.370 e. The molecule has 0 aliphatic carbocycles. The predicted octanol–water partition coefficient (Wildman–Crippen LogP) is 4.12. The van der Waals surface area contributed by atoms with Crippen molar-refractivity contribution >= 4 is 17.3 Å². The Morgan fingerprint density at radius 3 is 2.57 bits per heavy atom. The van der Waals surface area contributed by atoms with Crippen LogP contribution in [0.3, 0.4) is 0 Å². The van der Waals surface area contributed by atoms with Crippen LogP contribution in [0.15, 0.2) is 18.2 Å². The predicted molar refractivity (Wildman–Crippen MR) is 103 cm³/mol. The summed E-state index contributed by atoms with van der Waals surface area (Å²) in [7, 11) is 0. The molecule has 1 aliphatic rings. The van der Waals surface area contributed by atoms with Gasteiger partial charge >= 0.3 is 6.18 Å². The van der Waals surface area contributed by atoms with Gasteiger partial charge in [-0.25, -0.2) is 0 Å². The van der Waals surface area contributed by atoms with Gasteiger partial charge in [0.25, 0.3) is 0 Å². The fourth-order valence-corrected chi connectivity index (χ4v) is 3.35. The largest absolute Gasteiger partial charge is 0.416 e. The summed E-state index contributed by atoms with van der Waals surface area (Å²) in [6.07, 6.45) is -1.42. The van der Waals surface area contributed by atoms with E-state index in [1.807, 2.05) is 11.8 Å². The molecule has 1 unspecified atom stereocenters. The molecule has 1 heterocycles. The second-order valence-electron chi connectivity index (χ2n) is 7.18. The number of nitrogens with zero attached hydrogens (tertiary/aromatic N) is 3. The molecule has 5 nitrogen and oxygen atoms in total. The summed E-state index contributed by atoms with van der Waals surface area (Å²) in [5.41, 5.74) is 0.0228. The Balaban J connectivity index is 2.20. The number of hydrogen-bond donors (Lipinski definition) is 1. The van der Waals surface area contributed by atoms with Gasteiger partial charge < -0.3 is 10.2 Å². The van der Waals surface area contributed by atoms with E-state index in [2.05, 4.69) is 11.4 Å². The molecule has 0 radical (unpaired) electrons. The lowest BCUT2D eigenvalue weighted by Gasteiger charge is -2.31. The van der Waals surface area contributed by atoms with Crippen LogP contribution < -0.4 is 10.2 Å². The number of nitrogens with one attached hydrogen (secondary N) is 1. The maximum Gasteiger partial charge on any atom is 0.416 e. The van der Waals surface area contributed by atoms with Crippen molar-refractivity contribution in [1.29, 1.82) is 5.26 Å². The molecule has 154 valence electrons. The molecule has 1 amide bonds.